The Hall–Kier alpha value is -6.30. The van der Waals surface area contributed by atoms with Crippen LogP contribution in [0.25, 0.3) is 91.5 Å². The molecule has 11 aromatic rings. The fourth-order valence-electron chi connectivity index (χ4n) is 19.7. The van der Waals surface area contributed by atoms with Crippen LogP contribution >= 0.6 is 11.3 Å². The van der Waals surface area contributed by atoms with E-state index < -0.39 is 0 Å². The maximum absolute atomic E-state index is 7.09. The zero-order valence-electron chi connectivity index (χ0n) is 43.4. The fraction of sp³-hybridized carbons (Fsp3) is 0.343. The number of fused-ring (bicyclic) bond motifs is 15. The molecular weight excluding hydrogens is 928 g/mol. The number of nitrogens with zero attached hydrogens (tertiary/aromatic N) is 2. The summed E-state index contributed by atoms with van der Waals surface area (Å²) in [5, 5.41) is 10.5. The van der Waals surface area contributed by atoms with Gasteiger partial charge >= 0.3 is 6.85 Å². The number of benzene rings is 8. The van der Waals surface area contributed by atoms with Gasteiger partial charge in [0.15, 0.2) is 0 Å². The van der Waals surface area contributed by atoms with Gasteiger partial charge in [-0.05, 0) is 228 Å². The molecule has 0 radical (unpaired) electrons. The fourth-order valence-corrected chi connectivity index (χ4v) is 20.9. The Kier molecular flexibility index (Phi) is 7.82. The molecule has 3 nitrogen and oxygen atoms in total. The Morgan fingerprint density at radius 1 is 0.533 bits per heavy atom. The summed E-state index contributed by atoms with van der Waals surface area (Å²) in [6.07, 6.45) is 17.0. The molecule has 5 heteroatoms. The smallest absolute Gasteiger partial charge is 0.333 e. The van der Waals surface area contributed by atoms with Gasteiger partial charge in [0.1, 0.15) is 11.2 Å². The molecule has 3 aromatic heterocycles. The number of hydrogen-bond donors (Lipinski definition) is 0. The maximum atomic E-state index is 7.09. The first-order valence-electron chi connectivity index (χ1n) is 29.0. The van der Waals surface area contributed by atoms with Gasteiger partial charge in [-0.2, -0.15) is 0 Å². The highest BCUT2D eigenvalue weighted by molar-refractivity contribution is 7.26. The van der Waals surface area contributed by atoms with Gasteiger partial charge in [-0.3, -0.25) is 0 Å². The third kappa shape index (κ3) is 5.49. The van der Waals surface area contributed by atoms with Gasteiger partial charge in [-0.1, -0.05) is 87.5 Å². The van der Waals surface area contributed by atoms with E-state index in [9.17, 15) is 0 Å². The van der Waals surface area contributed by atoms with Crippen LogP contribution in [0.15, 0.2) is 138 Å². The van der Waals surface area contributed by atoms with Crippen LogP contribution in [-0.4, -0.2) is 11.4 Å². The Morgan fingerprint density at radius 2 is 1.15 bits per heavy atom. The van der Waals surface area contributed by atoms with E-state index in [0.717, 1.165) is 46.7 Å². The Labute approximate surface area is 443 Å². The summed E-state index contributed by atoms with van der Waals surface area (Å²) in [6.45, 7) is 6.98. The summed E-state index contributed by atoms with van der Waals surface area (Å²) in [7, 11) is 0. The van der Waals surface area contributed by atoms with E-state index in [2.05, 4.69) is 164 Å². The summed E-state index contributed by atoms with van der Waals surface area (Å²) in [4.78, 5) is 2.79. The van der Waals surface area contributed by atoms with Gasteiger partial charge in [0.2, 0.25) is 0 Å². The second kappa shape index (κ2) is 14.0. The van der Waals surface area contributed by atoms with Crippen molar-refractivity contribution in [3.63, 3.8) is 0 Å². The Balaban J connectivity index is 0.961. The van der Waals surface area contributed by atoms with Crippen LogP contribution in [0, 0.1) is 35.5 Å². The molecule has 5 heterocycles. The number of hydrogen-bond acceptors (Lipinski definition) is 3. The van der Waals surface area contributed by atoms with Crippen LogP contribution in [0.5, 0.6) is 0 Å². The minimum atomic E-state index is -0.0576. The van der Waals surface area contributed by atoms with Gasteiger partial charge in [0.05, 0.1) is 11.0 Å². The van der Waals surface area contributed by atoms with E-state index in [1.54, 1.807) is 11.1 Å². The molecule has 366 valence electrons. The predicted molar refractivity (Wildman–Crippen MR) is 316 cm³/mol. The van der Waals surface area contributed by atoms with Crippen molar-refractivity contribution < 1.29 is 4.42 Å². The highest BCUT2D eigenvalue weighted by Crippen LogP contribution is 2.63. The van der Waals surface area contributed by atoms with Gasteiger partial charge in [-0.25, -0.2) is 0 Å². The van der Waals surface area contributed by atoms with Crippen molar-refractivity contribution in [1.82, 2.24) is 4.57 Å². The van der Waals surface area contributed by atoms with Crippen molar-refractivity contribution >= 4 is 115 Å². The molecule has 2 aliphatic heterocycles. The molecule has 0 unspecified atom stereocenters. The van der Waals surface area contributed by atoms with Crippen LogP contribution in [0.3, 0.4) is 0 Å². The topological polar surface area (TPSA) is 21.3 Å². The highest BCUT2D eigenvalue weighted by atomic mass is 32.1. The van der Waals surface area contributed by atoms with Crippen LogP contribution in [0.1, 0.15) is 115 Å². The van der Waals surface area contributed by atoms with Crippen molar-refractivity contribution in [3.05, 3.63) is 150 Å². The normalized spacial score (nSPS) is 27.9. The van der Waals surface area contributed by atoms with Crippen LogP contribution in [0.2, 0.25) is 0 Å². The molecule has 75 heavy (non-hydrogen) atoms. The predicted octanol–water partition coefficient (Wildman–Crippen LogP) is 17.7. The van der Waals surface area contributed by atoms with Crippen LogP contribution in [0.4, 0.5) is 11.4 Å². The standard InChI is InChI=1S/C70H61BN2OS/c1-68(2,3)46-12-15-49(16-13-46)73-59-31-62-53(52-24-44-8-4-5-9-45(44)25-61(52)74-62)29-56(59)64-65-60(30-55-50-10-6-7-11-63(50)75-67(55)64)72-58-17-14-47(69-32-38-18-39(33-69)20-40(19-38)34-69)26-51(58)54-27-48(28-57(66(54)72)71(65)73)70-35-41-21-42(36-70)23-43(22-41)37-70/h4-17,24-31,38-43H,18-23,32-37H2,1-3H3. The monoisotopic (exact) mass is 988 g/mol. The zero-order valence-corrected chi connectivity index (χ0v) is 44.3. The number of furan rings is 1. The van der Waals surface area contributed by atoms with E-state index in [1.807, 2.05) is 11.3 Å². The first-order chi connectivity index (χ1) is 36.6. The zero-order chi connectivity index (χ0) is 49.0. The van der Waals surface area contributed by atoms with Crippen molar-refractivity contribution in [3.8, 4) is 16.8 Å². The second-order valence-electron chi connectivity index (χ2n) is 27.3. The third-order valence-electron chi connectivity index (χ3n) is 21.9. The number of aromatic nitrogens is 1. The molecule has 0 N–H and O–H groups in total. The lowest BCUT2D eigenvalue weighted by molar-refractivity contribution is -0.00526. The summed E-state index contributed by atoms with van der Waals surface area (Å²) in [5.74, 6) is 5.32. The second-order valence-corrected chi connectivity index (χ2v) is 28.4. The molecule has 8 bridgehead atoms. The lowest BCUT2D eigenvalue weighted by Crippen LogP contribution is -2.61. The molecule has 0 saturated heterocycles. The number of rotatable bonds is 3. The van der Waals surface area contributed by atoms with Gasteiger partial charge in [-0.15, -0.1) is 11.3 Å². The van der Waals surface area contributed by atoms with Crippen LogP contribution < -0.4 is 15.7 Å². The molecule has 8 aliphatic carbocycles. The number of anilines is 2. The molecule has 0 spiro atoms. The average Bonchev–Trinajstić information content (AvgIpc) is 4.17. The lowest BCUT2D eigenvalue weighted by Gasteiger charge is -2.57. The molecule has 0 atom stereocenters. The Morgan fingerprint density at radius 3 is 1.84 bits per heavy atom. The van der Waals surface area contributed by atoms with E-state index in [-0.39, 0.29) is 17.7 Å². The molecule has 8 fully saturated rings. The summed E-state index contributed by atoms with van der Waals surface area (Å²) >= 11 is 2.00. The van der Waals surface area contributed by atoms with Crippen molar-refractivity contribution in [2.24, 2.45) is 35.5 Å². The van der Waals surface area contributed by atoms with E-state index in [4.69, 9.17) is 4.42 Å². The first-order valence-corrected chi connectivity index (χ1v) is 29.8. The van der Waals surface area contributed by atoms with Crippen LogP contribution in [-0.2, 0) is 16.2 Å². The summed E-state index contributed by atoms with van der Waals surface area (Å²) in [5.41, 5.74) is 19.5. The maximum Gasteiger partial charge on any atom is 0.333 e. The van der Waals surface area contributed by atoms with Crippen molar-refractivity contribution in [1.29, 1.82) is 0 Å². The SMILES string of the molecule is CC(C)(C)c1ccc(N2B3c4c(cc5c(sc6ccccc65)c4-c4cc5c(cc42)oc2cc4ccccc4cc25)-n2c4ccc(C56CC7CC(CC(C7)C5)C6)cc4c4cc(C56CC7CC(CC(C7)C5)C6)cc3c42)cc1. The van der Waals surface area contributed by atoms with Gasteiger partial charge < -0.3 is 13.8 Å². The lowest BCUT2D eigenvalue weighted by atomic mass is 9.42. The van der Waals surface area contributed by atoms with Gasteiger partial charge in [0.25, 0.3) is 0 Å². The molecule has 8 aromatic carbocycles. The quantitative estimate of drug-likeness (QED) is 0.165. The molecule has 21 rings (SSSR count). The summed E-state index contributed by atoms with van der Waals surface area (Å²) < 4.78 is 12.6. The van der Waals surface area contributed by atoms with E-state index in [1.165, 1.54) is 185 Å². The number of thiophene rings is 1. The third-order valence-corrected chi connectivity index (χ3v) is 23.1. The minimum Gasteiger partial charge on any atom is -0.456 e. The van der Waals surface area contributed by atoms with E-state index >= 15 is 0 Å². The molecule has 0 amide bonds. The average molecular weight is 989 g/mol. The minimum absolute atomic E-state index is 0.0357. The molecular formula is C70H61BN2OS. The summed E-state index contributed by atoms with van der Waals surface area (Å²) in [6, 6.07) is 53.7. The first kappa shape index (κ1) is 41.9. The molecule has 10 aliphatic rings. The highest BCUT2D eigenvalue weighted by Gasteiger charge is 2.54. The van der Waals surface area contributed by atoms with Gasteiger partial charge in [0, 0.05) is 76.0 Å². The Bertz CT molecular complexity index is 4310. The largest absolute Gasteiger partial charge is 0.456 e. The van der Waals surface area contributed by atoms with Crippen molar-refractivity contribution in [2.75, 3.05) is 4.81 Å². The van der Waals surface area contributed by atoms with Crippen molar-refractivity contribution in [2.45, 2.75) is 114 Å². The van der Waals surface area contributed by atoms with E-state index in [0.29, 0.717) is 5.41 Å². The molecule has 8 saturated carbocycles.